The molecule has 104 valence electrons. The maximum absolute atomic E-state index is 11.2. The van der Waals surface area contributed by atoms with Gasteiger partial charge in [0.1, 0.15) is 9.84 Å². The fourth-order valence-electron chi connectivity index (χ4n) is 1.25. The van der Waals surface area contributed by atoms with Crippen molar-refractivity contribution in [2.75, 3.05) is 37.8 Å². The van der Waals surface area contributed by atoms with Crippen LogP contribution < -0.4 is 5.32 Å². The van der Waals surface area contributed by atoms with Crippen molar-refractivity contribution < 1.29 is 13.2 Å². The molecular formula is C12H27NO3S. The number of sulfone groups is 1. The molecule has 0 heterocycles. The van der Waals surface area contributed by atoms with Gasteiger partial charge in [0.15, 0.2) is 0 Å². The first-order valence-corrected chi connectivity index (χ1v) is 8.29. The molecule has 0 radical (unpaired) electrons. The first-order chi connectivity index (χ1) is 7.98. The van der Waals surface area contributed by atoms with Crippen LogP contribution in [0.3, 0.4) is 0 Å². The van der Waals surface area contributed by atoms with Crippen LogP contribution in [0, 0.1) is 5.92 Å². The molecule has 0 aromatic rings. The third-order valence-corrected chi connectivity index (χ3v) is 4.30. The van der Waals surface area contributed by atoms with Crippen molar-refractivity contribution in [2.24, 2.45) is 5.92 Å². The first kappa shape index (κ1) is 16.9. The van der Waals surface area contributed by atoms with E-state index in [1.165, 1.54) is 0 Å². The largest absolute Gasteiger partial charge is 0.380 e. The van der Waals surface area contributed by atoms with Crippen LogP contribution in [0.5, 0.6) is 0 Å². The smallest absolute Gasteiger partial charge is 0.150 e. The molecule has 0 aliphatic rings. The van der Waals surface area contributed by atoms with Crippen molar-refractivity contribution >= 4 is 9.84 Å². The van der Waals surface area contributed by atoms with E-state index < -0.39 is 9.84 Å². The molecular weight excluding hydrogens is 238 g/mol. The second-order valence-corrected chi connectivity index (χ2v) is 7.11. The van der Waals surface area contributed by atoms with Crippen LogP contribution in [0.2, 0.25) is 0 Å². The maximum atomic E-state index is 11.2. The normalized spacial score (nSPS) is 12.2. The molecule has 0 atom stereocenters. The molecule has 0 spiro atoms. The molecule has 0 saturated heterocycles. The van der Waals surface area contributed by atoms with Gasteiger partial charge in [-0.2, -0.15) is 0 Å². The lowest BCUT2D eigenvalue weighted by Gasteiger charge is -2.07. The van der Waals surface area contributed by atoms with Gasteiger partial charge in [-0.05, 0) is 25.3 Å². The minimum Gasteiger partial charge on any atom is -0.380 e. The number of rotatable bonds is 11. The van der Waals surface area contributed by atoms with Gasteiger partial charge < -0.3 is 10.1 Å². The molecule has 0 saturated carbocycles. The van der Waals surface area contributed by atoms with Gasteiger partial charge in [0.2, 0.25) is 0 Å². The van der Waals surface area contributed by atoms with Gasteiger partial charge in [0.05, 0.1) is 12.4 Å². The molecule has 0 rings (SSSR count). The minimum absolute atomic E-state index is 0.241. The van der Waals surface area contributed by atoms with Crippen LogP contribution in [-0.4, -0.2) is 46.2 Å². The summed E-state index contributed by atoms with van der Waals surface area (Å²) < 4.78 is 27.8. The Morgan fingerprint density at radius 3 is 2.47 bits per heavy atom. The van der Waals surface area contributed by atoms with E-state index in [9.17, 15) is 8.42 Å². The van der Waals surface area contributed by atoms with Gasteiger partial charge in [-0.25, -0.2) is 8.42 Å². The minimum atomic E-state index is -2.80. The van der Waals surface area contributed by atoms with E-state index in [0.717, 1.165) is 26.1 Å². The fourth-order valence-corrected chi connectivity index (χ4v) is 2.12. The zero-order valence-electron chi connectivity index (χ0n) is 11.4. The highest BCUT2D eigenvalue weighted by Gasteiger charge is 2.05. The van der Waals surface area contributed by atoms with Crippen molar-refractivity contribution in [3.05, 3.63) is 0 Å². The number of hydrogen-bond donors (Lipinski definition) is 1. The number of ether oxygens (including phenoxy) is 1. The Morgan fingerprint density at radius 1 is 1.18 bits per heavy atom. The van der Waals surface area contributed by atoms with Crippen LogP contribution in [0.1, 0.15) is 33.6 Å². The lowest BCUT2D eigenvalue weighted by atomic mass is 10.1. The summed E-state index contributed by atoms with van der Waals surface area (Å²) in [7, 11) is -2.80. The Labute approximate surface area is 106 Å². The van der Waals surface area contributed by atoms with E-state index >= 15 is 0 Å². The molecule has 0 unspecified atom stereocenters. The Hall–Kier alpha value is -0.130. The number of hydrogen-bond acceptors (Lipinski definition) is 4. The lowest BCUT2D eigenvalue weighted by Crippen LogP contribution is -2.23. The molecule has 1 N–H and O–H groups in total. The summed E-state index contributed by atoms with van der Waals surface area (Å²) in [6, 6.07) is 0. The third-order valence-electron chi connectivity index (χ3n) is 2.51. The zero-order chi connectivity index (χ0) is 13.1. The predicted octanol–water partition coefficient (Wildman–Crippen LogP) is 1.46. The highest BCUT2D eigenvalue weighted by atomic mass is 32.2. The summed E-state index contributed by atoms with van der Waals surface area (Å²) in [5.74, 6) is 1.21. The van der Waals surface area contributed by atoms with E-state index in [1.807, 2.05) is 0 Å². The summed E-state index contributed by atoms with van der Waals surface area (Å²) in [6.45, 7) is 9.09. The Bertz CT molecular complexity index is 263. The summed E-state index contributed by atoms with van der Waals surface area (Å²) >= 11 is 0. The van der Waals surface area contributed by atoms with Gasteiger partial charge in [0, 0.05) is 18.9 Å². The maximum Gasteiger partial charge on any atom is 0.150 e. The van der Waals surface area contributed by atoms with E-state index in [1.54, 1.807) is 6.92 Å². The SMILES string of the molecule is CCS(=O)(=O)CCCNCCOCCC(C)C. The Morgan fingerprint density at radius 2 is 1.88 bits per heavy atom. The molecule has 0 bridgehead atoms. The van der Waals surface area contributed by atoms with Gasteiger partial charge >= 0.3 is 0 Å². The van der Waals surface area contributed by atoms with Crippen molar-refractivity contribution in [3.8, 4) is 0 Å². The van der Waals surface area contributed by atoms with Crippen LogP contribution in [0.4, 0.5) is 0 Å². The average Bonchev–Trinajstić information content (AvgIpc) is 2.26. The number of nitrogens with one attached hydrogen (secondary N) is 1. The summed E-state index contributed by atoms with van der Waals surface area (Å²) in [4.78, 5) is 0. The first-order valence-electron chi connectivity index (χ1n) is 6.47. The summed E-state index contributed by atoms with van der Waals surface area (Å²) in [5, 5.41) is 3.18. The quantitative estimate of drug-likeness (QED) is 0.575. The van der Waals surface area contributed by atoms with Crippen LogP contribution in [-0.2, 0) is 14.6 Å². The Kier molecular flexibility index (Phi) is 9.78. The highest BCUT2D eigenvalue weighted by molar-refractivity contribution is 7.91. The summed E-state index contributed by atoms with van der Waals surface area (Å²) in [5.41, 5.74) is 0. The topological polar surface area (TPSA) is 55.4 Å². The van der Waals surface area contributed by atoms with E-state index in [4.69, 9.17) is 4.74 Å². The standard InChI is InChI=1S/C12H27NO3S/c1-4-17(14,15)11-5-7-13-8-10-16-9-6-12(2)3/h12-13H,4-11H2,1-3H3. The second-order valence-electron chi connectivity index (χ2n) is 4.63. The fraction of sp³-hybridized carbons (Fsp3) is 1.00. The molecule has 0 amide bonds. The van der Waals surface area contributed by atoms with Crippen LogP contribution >= 0.6 is 0 Å². The van der Waals surface area contributed by atoms with Crippen molar-refractivity contribution in [1.29, 1.82) is 0 Å². The van der Waals surface area contributed by atoms with E-state index in [2.05, 4.69) is 19.2 Å². The summed E-state index contributed by atoms with van der Waals surface area (Å²) in [6.07, 6.45) is 1.77. The molecule has 4 nitrogen and oxygen atoms in total. The third kappa shape index (κ3) is 12.1. The van der Waals surface area contributed by atoms with Crippen molar-refractivity contribution in [1.82, 2.24) is 5.32 Å². The van der Waals surface area contributed by atoms with E-state index in [-0.39, 0.29) is 11.5 Å². The lowest BCUT2D eigenvalue weighted by molar-refractivity contribution is 0.125. The van der Waals surface area contributed by atoms with Crippen LogP contribution in [0.25, 0.3) is 0 Å². The van der Waals surface area contributed by atoms with E-state index in [0.29, 0.717) is 18.9 Å². The molecule has 5 heteroatoms. The molecule has 0 aromatic carbocycles. The van der Waals surface area contributed by atoms with Gasteiger partial charge in [-0.3, -0.25) is 0 Å². The Balaban J connectivity index is 3.19. The van der Waals surface area contributed by atoms with Crippen molar-refractivity contribution in [3.63, 3.8) is 0 Å². The van der Waals surface area contributed by atoms with Gasteiger partial charge in [0.25, 0.3) is 0 Å². The molecule has 0 aliphatic heterocycles. The average molecular weight is 265 g/mol. The highest BCUT2D eigenvalue weighted by Crippen LogP contribution is 1.98. The molecule has 0 aromatic heterocycles. The van der Waals surface area contributed by atoms with Crippen LogP contribution in [0.15, 0.2) is 0 Å². The van der Waals surface area contributed by atoms with Gasteiger partial charge in [-0.1, -0.05) is 20.8 Å². The second kappa shape index (κ2) is 9.85. The van der Waals surface area contributed by atoms with Crippen molar-refractivity contribution in [2.45, 2.75) is 33.6 Å². The monoisotopic (exact) mass is 265 g/mol. The predicted molar refractivity (Wildman–Crippen MR) is 72.1 cm³/mol. The zero-order valence-corrected chi connectivity index (χ0v) is 12.2. The molecule has 17 heavy (non-hydrogen) atoms. The molecule has 0 aliphatic carbocycles. The van der Waals surface area contributed by atoms with Gasteiger partial charge in [-0.15, -0.1) is 0 Å². The molecule has 0 fully saturated rings.